The highest BCUT2D eigenvalue weighted by molar-refractivity contribution is 14.1. The Morgan fingerprint density at radius 2 is 1.37 bits per heavy atom. The molecule has 5 N–H and O–H groups in total. The second-order valence-corrected chi connectivity index (χ2v) is 26.6. The first-order chi connectivity index (χ1) is 31.0. The first kappa shape index (κ1) is 57.7. The Balaban J connectivity index is 1.90. The summed E-state index contributed by atoms with van der Waals surface area (Å²) in [4.78, 5) is 14.2. The van der Waals surface area contributed by atoms with Crippen molar-refractivity contribution in [2.24, 2.45) is 5.92 Å². The van der Waals surface area contributed by atoms with Crippen LogP contribution < -0.4 is 4.90 Å². The Kier molecular flexibility index (Phi) is 20.0. The number of hydrogen-bond donors (Lipinski definition) is 5. The smallest absolute Gasteiger partial charge is 0.307 e. The van der Waals surface area contributed by atoms with E-state index in [1.54, 1.807) is 95.5 Å². The van der Waals surface area contributed by atoms with E-state index in [2.05, 4.69) is 34.1 Å². The van der Waals surface area contributed by atoms with Crippen molar-refractivity contribution in [1.82, 2.24) is 0 Å². The molecule has 0 amide bonds. The van der Waals surface area contributed by atoms with E-state index in [4.69, 9.17) is 0 Å². The molecule has 0 bridgehead atoms. The van der Waals surface area contributed by atoms with E-state index in [0.717, 1.165) is 26.1 Å². The topological polar surface area (TPSA) is 261 Å². The van der Waals surface area contributed by atoms with E-state index < -0.39 is 85.0 Å². The molecule has 0 radical (unpaired) electrons. The molecule has 0 saturated carbocycles. The van der Waals surface area contributed by atoms with Gasteiger partial charge in [-0.1, -0.05) is 69.9 Å². The normalized spacial score (nSPS) is 20.8. The number of carboxylic acid groups (broad SMARTS) is 1. The zero-order valence-electron chi connectivity index (χ0n) is 37.7. The fourth-order valence-electron chi connectivity index (χ4n) is 9.38. The van der Waals surface area contributed by atoms with Gasteiger partial charge in [0.2, 0.25) is 5.69 Å². The molecule has 0 saturated heterocycles. The standard InChI is InChI=1S/C44H57I3N2O14S4/c1-6-8-19-30(42(50)51)44(5)36(49(37(18-7-2)66(58,59)60)34-28-32(46)41(67(61,62)63)40(47)39(34)44)21-13-11-9-10-12-20-35-43(4,24-14-16-26-64(52,53)54)38-29(3)31(45)22-23-33(38)48(35)25-15-17-27-65(55,56)57/h9-13,20-23,28,30,37H,6-8,14-19,24-27H2,1-5H3,(H4-,50,51,52,53,54,55,56,57,58,59,60,61,62,63)/p+1. The van der Waals surface area contributed by atoms with E-state index in [0.29, 0.717) is 45.1 Å². The van der Waals surface area contributed by atoms with Gasteiger partial charge in [0.25, 0.3) is 40.5 Å². The average Bonchev–Trinajstić information content (AvgIpc) is 3.57. The molecule has 23 heteroatoms. The van der Waals surface area contributed by atoms with Gasteiger partial charge < -0.3 is 10.0 Å². The van der Waals surface area contributed by atoms with Crippen molar-refractivity contribution in [1.29, 1.82) is 0 Å². The van der Waals surface area contributed by atoms with Crippen molar-refractivity contribution in [2.45, 2.75) is 120 Å². The SMILES string of the molecule is CCCCC(C(=O)O)C1(C)/C(=C/C=C/C=C/C=C/C2=[N+](CCCCS(=O)(=O)O)c3ccc(I)c(C)c3C2(C)CCCCS(=O)(=O)O)N(C(CCC)S(=O)(=O)O)c2cc(I)c(S(=O)(=O)O)c(I)c21. The van der Waals surface area contributed by atoms with Gasteiger partial charge >= 0.3 is 5.97 Å². The van der Waals surface area contributed by atoms with Crippen LogP contribution in [0.15, 0.2) is 71.3 Å². The second kappa shape index (κ2) is 23.2. The highest BCUT2D eigenvalue weighted by Crippen LogP contribution is 2.58. The van der Waals surface area contributed by atoms with Crippen LogP contribution in [0.2, 0.25) is 0 Å². The largest absolute Gasteiger partial charge is 0.481 e. The summed E-state index contributed by atoms with van der Waals surface area (Å²) in [5.41, 5.74) is 2.13. The fourth-order valence-corrected chi connectivity index (χ4v) is 16.5. The zero-order chi connectivity index (χ0) is 50.5. The molecule has 4 atom stereocenters. The maximum atomic E-state index is 13.3. The molecule has 2 aromatic carbocycles. The number of fused-ring (bicyclic) bond motifs is 2. The van der Waals surface area contributed by atoms with Crippen molar-refractivity contribution < 1.29 is 66.4 Å². The highest BCUT2D eigenvalue weighted by atomic mass is 127. The Morgan fingerprint density at radius 3 is 1.93 bits per heavy atom. The predicted molar refractivity (Wildman–Crippen MR) is 285 cm³/mol. The van der Waals surface area contributed by atoms with E-state index in [-0.39, 0.29) is 49.8 Å². The minimum absolute atomic E-state index is 0.0228. The summed E-state index contributed by atoms with van der Waals surface area (Å²) in [7, 11) is -18.0. The van der Waals surface area contributed by atoms with Crippen molar-refractivity contribution in [3.05, 3.63) is 93.8 Å². The van der Waals surface area contributed by atoms with E-state index in [9.17, 15) is 61.8 Å². The molecular formula is C44H58I3N2O14S4+. The summed E-state index contributed by atoms with van der Waals surface area (Å²) in [6.45, 7) is 9.70. The summed E-state index contributed by atoms with van der Waals surface area (Å²) in [5.74, 6) is -3.21. The summed E-state index contributed by atoms with van der Waals surface area (Å²) in [6, 6.07) is 5.37. The van der Waals surface area contributed by atoms with E-state index in [1.807, 2.05) is 32.1 Å². The van der Waals surface area contributed by atoms with Crippen LogP contribution in [-0.4, -0.2) is 96.7 Å². The number of nitrogens with zero attached hydrogens (tertiary/aromatic N) is 2. The number of rotatable bonds is 24. The monoisotopic (exact) mass is 1350 g/mol. The minimum atomic E-state index is -4.85. The van der Waals surface area contributed by atoms with Gasteiger partial charge in [0.05, 0.1) is 22.8 Å². The van der Waals surface area contributed by atoms with Gasteiger partial charge in [-0.2, -0.15) is 38.2 Å². The van der Waals surface area contributed by atoms with Gasteiger partial charge in [0, 0.05) is 57.2 Å². The van der Waals surface area contributed by atoms with Crippen LogP contribution in [0.4, 0.5) is 11.4 Å². The lowest BCUT2D eigenvalue weighted by molar-refractivity contribution is -0.438. The van der Waals surface area contributed by atoms with Crippen LogP contribution in [-0.2, 0) is 56.1 Å². The molecule has 0 fully saturated rings. The Morgan fingerprint density at radius 1 is 0.776 bits per heavy atom. The first-order valence-corrected chi connectivity index (χ1v) is 30.9. The minimum Gasteiger partial charge on any atom is -0.481 e. The number of carboxylic acids is 1. The van der Waals surface area contributed by atoms with Crippen molar-refractivity contribution in [2.75, 3.05) is 23.0 Å². The van der Waals surface area contributed by atoms with E-state index in [1.165, 1.54) is 11.0 Å². The van der Waals surface area contributed by atoms with Crippen molar-refractivity contribution in [3.8, 4) is 0 Å². The van der Waals surface area contributed by atoms with Gasteiger partial charge in [-0.3, -0.25) is 23.0 Å². The molecule has 2 aliphatic rings. The highest BCUT2D eigenvalue weighted by Gasteiger charge is 2.56. The van der Waals surface area contributed by atoms with Crippen molar-refractivity contribution in [3.63, 3.8) is 0 Å². The molecule has 2 aliphatic heterocycles. The number of halogens is 3. The number of hydrogen-bond acceptors (Lipinski definition) is 10. The number of benzene rings is 2. The quantitative estimate of drug-likeness (QED) is 0.0216. The molecule has 4 rings (SSSR count). The molecule has 4 unspecified atom stereocenters. The number of unbranched alkanes of at least 4 members (excludes halogenated alkanes) is 3. The molecule has 0 aromatic heterocycles. The molecule has 2 aromatic rings. The average molecular weight is 1350 g/mol. The van der Waals surface area contributed by atoms with Crippen LogP contribution in [0, 0.1) is 23.6 Å². The van der Waals surface area contributed by atoms with Crippen LogP contribution in [0.25, 0.3) is 0 Å². The third-order valence-electron chi connectivity index (χ3n) is 12.4. The zero-order valence-corrected chi connectivity index (χ0v) is 47.4. The fraction of sp³-hybridized carbons (Fsp3) is 0.500. The summed E-state index contributed by atoms with van der Waals surface area (Å²) in [5, 5.41) is 9.24. The third kappa shape index (κ3) is 13.6. The first-order valence-electron chi connectivity index (χ1n) is 21.5. The molecular weight excluding hydrogens is 1290 g/mol. The lowest BCUT2D eigenvalue weighted by atomic mass is 9.69. The lowest BCUT2D eigenvalue weighted by Gasteiger charge is -2.37. The summed E-state index contributed by atoms with van der Waals surface area (Å²) in [6.07, 6.45) is 15.2. The summed E-state index contributed by atoms with van der Waals surface area (Å²) >= 11 is 5.74. The molecule has 0 aliphatic carbocycles. The van der Waals surface area contributed by atoms with Crippen LogP contribution in [0.1, 0.15) is 109 Å². The Hall–Kier alpha value is -1.83. The van der Waals surface area contributed by atoms with E-state index >= 15 is 0 Å². The lowest BCUT2D eigenvalue weighted by Crippen LogP contribution is -2.45. The molecule has 0 spiro atoms. The summed E-state index contributed by atoms with van der Waals surface area (Å²) < 4.78 is 141. The van der Waals surface area contributed by atoms with Crippen LogP contribution >= 0.6 is 67.8 Å². The Bertz CT molecular complexity index is 2840. The predicted octanol–water partition coefficient (Wildman–Crippen LogP) is 9.37. The number of allylic oxidation sites excluding steroid dienone is 8. The Labute approximate surface area is 436 Å². The number of anilines is 1. The number of aliphatic carboxylic acids is 1. The van der Waals surface area contributed by atoms with Gasteiger partial charge in [0.1, 0.15) is 11.4 Å². The molecule has 16 nitrogen and oxygen atoms in total. The van der Waals surface area contributed by atoms with Crippen LogP contribution in [0.5, 0.6) is 0 Å². The van der Waals surface area contributed by atoms with Gasteiger partial charge in [-0.05, 0) is 144 Å². The molecule has 67 heavy (non-hydrogen) atoms. The second-order valence-electron chi connectivity index (χ2n) is 17.1. The number of carbonyl (C=O) groups is 1. The van der Waals surface area contributed by atoms with Gasteiger partial charge in [0.15, 0.2) is 11.1 Å². The maximum Gasteiger partial charge on any atom is 0.307 e. The molecule has 2 heterocycles. The molecule has 372 valence electrons. The third-order valence-corrected chi connectivity index (χ3v) is 19.9. The van der Waals surface area contributed by atoms with Gasteiger partial charge in [-0.15, -0.1) is 0 Å². The van der Waals surface area contributed by atoms with Crippen LogP contribution in [0.3, 0.4) is 0 Å². The van der Waals surface area contributed by atoms with Gasteiger partial charge in [-0.25, -0.2) is 0 Å². The maximum absolute atomic E-state index is 13.3. The van der Waals surface area contributed by atoms with Crippen molar-refractivity contribution >= 4 is 131 Å².